The van der Waals surface area contributed by atoms with Gasteiger partial charge in [-0.1, -0.05) is 6.07 Å². The fourth-order valence-electron chi connectivity index (χ4n) is 1.52. The molecule has 3 nitrogen and oxygen atoms in total. The lowest BCUT2D eigenvalue weighted by molar-refractivity contribution is 0.0174. The van der Waals surface area contributed by atoms with Crippen molar-refractivity contribution >= 4 is 5.82 Å². The van der Waals surface area contributed by atoms with Gasteiger partial charge in [-0.2, -0.15) is 5.10 Å². The molecule has 0 amide bonds. The summed E-state index contributed by atoms with van der Waals surface area (Å²) in [5.74, 6) is -3.51. The minimum absolute atomic E-state index is 0.00951. The van der Waals surface area contributed by atoms with E-state index in [2.05, 4.69) is 10.2 Å². The first-order valence-electron chi connectivity index (χ1n) is 4.86. The zero-order valence-corrected chi connectivity index (χ0v) is 8.97. The first kappa shape index (κ1) is 11.5. The first-order chi connectivity index (χ1) is 7.89. The van der Waals surface area contributed by atoms with Crippen LogP contribution in [0.5, 0.6) is 0 Å². The van der Waals surface area contributed by atoms with Crippen LogP contribution in [0, 0.1) is 5.82 Å². The van der Waals surface area contributed by atoms with E-state index in [0.717, 1.165) is 25.1 Å². The average Bonchev–Trinajstić information content (AvgIpc) is 2.63. The third-order valence-corrected chi connectivity index (χ3v) is 2.43. The summed E-state index contributed by atoms with van der Waals surface area (Å²) < 4.78 is 39.8. The van der Waals surface area contributed by atoms with Crippen LogP contribution in [0.3, 0.4) is 0 Å². The summed E-state index contributed by atoms with van der Waals surface area (Å²) in [4.78, 5) is 0. The summed E-state index contributed by atoms with van der Waals surface area (Å²) in [7, 11) is 0. The number of anilines is 1. The molecule has 0 radical (unpaired) electrons. The van der Waals surface area contributed by atoms with Crippen molar-refractivity contribution in [3.8, 4) is 11.1 Å². The lowest BCUT2D eigenvalue weighted by atomic mass is 10.0. The molecular weight excluding hydrogens is 231 g/mol. The summed E-state index contributed by atoms with van der Waals surface area (Å²) in [6.45, 7) is 0.753. The second kappa shape index (κ2) is 3.80. The number of hydrogen-bond acceptors (Lipinski definition) is 2. The zero-order valence-electron chi connectivity index (χ0n) is 8.97. The number of aromatic amines is 1. The van der Waals surface area contributed by atoms with E-state index in [1.165, 1.54) is 6.20 Å². The van der Waals surface area contributed by atoms with Gasteiger partial charge in [0.15, 0.2) is 0 Å². The van der Waals surface area contributed by atoms with E-state index in [0.29, 0.717) is 0 Å². The van der Waals surface area contributed by atoms with E-state index in [9.17, 15) is 13.2 Å². The van der Waals surface area contributed by atoms with E-state index >= 15 is 0 Å². The predicted octanol–water partition coefficient (Wildman–Crippen LogP) is 2.91. The summed E-state index contributed by atoms with van der Waals surface area (Å²) in [5.41, 5.74) is 5.54. The van der Waals surface area contributed by atoms with Crippen molar-refractivity contribution in [2.24, 2.45) is 0 Å². The highest BCUT2D eigenvalue weighted by Crippen LogP contribution is 2.33. The van der Waals surface area contributed by atoms with Crippen LogP contribution in [0.2, 0.25) is 0 Å². The number of hydrogen-bond donors (Lipinski definition) is 2. The Balaban J connectivity index is 2.58. The highest BCUT2D eigenvalue weighted by molar-refractivity contribution is 5.74. The van der Waals surface area contributed by atoms with Crippen molar-refractivity contribution < 1.29 is 13.2 Å². The number of nitrogens with one attached hydrogen (secondary N) is 1. The third-order valence-electron chi connectivity index (χ3n) is 2.43. The van der Waals surface area contributed by atoms with Gasteiger partial charge >= 0.3 is 0 Å². The molecule has 6 heteroatoms. The molecular formula is C11H10F3N3. The van der Waals surface area contributed by atoms with Crippen LogP contribution >= 0.6 is 0 Å². The minimum Gasteiger partial charge on any atom is -0.384 e. The molecule has 0 fully saturated rings. The summed E-state index contributed by atoms with van der Waals surface area (Å²) >= 11 is 0. The van der Waals surface area contributed by atoms with Crippen LogP contribution in [0.25, 0.3) is 11.1 Å². The summed E-state index contributed by atoms with van der Waals surface area (Å²) in [5, 5.41) is 6.05. The third kappa shape index (κ3) is 2.11. The number of alkyl halides is 2. The van der Waals surface area contributed by atoms with Crippen molar-refractivity contribution in [2.45, 2.75) is 12.8 Å². The van der Waals surface area contributed by atoms with Gasteiger partial charge in [0.1, 0.15) is 11.6 Å². The van der Waals surface area contributed by atoms with E-state index in [4.69, 9.17) is 5.73 Å². The van der Waals surface area contributed by atoms with Gasteiger partial charge in [0, 0.05) is 23.6 Å². The van der Waals surface area contributed by atoms with Crippen molar-refractivity contribution in [1.29, 1.82) is 0 Å². The summed E-state index contributed by atoms with van der Waals surface area (Å²) in [6.07, 6.45) is 1.30. The lowest BCUT2D eigenvalue weighted by Crippen LogP contribution is -2.07. The normalized spacial score (nSPS) is 11.8. The quantitative estimate of drug-likeness (QED) is 0.849. The predicted molar refractivity (Wildman–Crippen MR) is 58.0 cm³/mol. The lowest BCUT2D eigenvalue weighted by Gasteiger charge is -2.12. The van der Waals surface area contributed by atoms with Gasteiger partial charge in [-0.3, -0.25) is 5.10 Å². The van der Waals surface area contributed by atoms with Gasteiger partial charge in [0.05, 0.1) is 6.20 Å². The topological polar surface area (TPSA) is 54.7 Å². The Morgan fingerprint density at radius 1 is 1.29 bits per heavy atom. The maximum atomic E-state index is 13.6. The molecule has 2 rings (SSSR count). The maximum absolute atomic E-state index is 13.6. The molecule has 1 heterocycles. The Morgan fingerprint density at radius 3 is 2.53 bits per heavy atom. The maximum Gasteiger partial charge on any atom is 0.270 e. The summed E-state index contributed by atoms with van der Waals surface area (Å²) in [6, 6.07) is 3.13. The second-order valence-electron chi connectivity index (χ2n) is 3.78. The SMILES string of the molecule is CC(F)(F)c1ccc(F)c(-c2cn[nH]c2N)c1. The number of H-pyrrole nitrogens is 1. The molecule has 1 aromatic heterocycles. The molecule has 0 saturated carbocycles. The Labute approximate surface area is 95.5 Å². The highest BCUT2D eigenvalue weighted by Gasteiger charge is 2.25. The number of nitrogens with zero attached hydrogens (tertiary/aromatic N) is 1. The smallest absolute Gasteiger partial charge is 0.270 e. The number of halogens is 3. The fraction of sp³-hybridized carbons (Fsp3) is 0.182. The molecule has 0 aliphatic heterocycles. The van der Waals surface area contributed by atoms with Crippen LogP contribution < -0.4 is 5.73 Å². The van der Waals surface area contributed by atoms with Gasteiger partial charge in [-0.05, 0) is 12.1 Å². The van der Waals surface area contributed by atoms with Crippen molar-refractivity contribution in [1.82, 2.24) is 10.2 Å². The Kier molecular flexibility index (Phi) is 2.57. The second-order valence-corrected chi connectivity index (χ2v) is 3.78. The van der Waals surface area contributed by atoms with Crippen LogP contribution in [0.15, 0.2) is 24.4 Å². The van der Waals surface area contributed by atoms with Crippen molar-refractivity contribution in [2.75, 3.05) is 5.73 Å². The van der Waals surface area contributed by atoms with Gasteiger partial charge in [-0.25, -0.2) is 13.2 Å². The molecule has 2 aromatic rings. The molecule has 0 atom stereocenters. The standard InChI is InChI=1S/C11H10F3N3/c1-11(13,14)6-2-3-9(12)7(4-6)8-5-16-17-10(8)15/h2-5H,1H3,(H3,15,16,17). The highest BCUT2D eigenvalue weighted by atomic mass is 19.3. The zero-order chi connectivity index (χ0) is 12.6. The molecule has 3 N–H and O–H groups in total. The van der Waals surface area contributed by atoms with Crippen LogP contribution in [0.4, 0.5) is 19.0 Å². The molecule has 0 aliphatic carbocycles. The molecule has 0 bridgehead atoms. The Hall–Kier alpha value is -1.98. The van der Waals surface area contributed by atoms with Gasteiger partial charge in [-0.15, -0.1) is 0 Å². The first-order valence-corrected chi connectivity index (χ1v) is 4.86. The van der Waals surface area contributed by atoms with Crippen LogP contribution in [-0.2, 0) is 5.92 Å². The molecule has 90 valence electrons. The molecule has 1 aromatic carbocycles. The average molecular weight is 241 g/mol. The van der Waals surface area contributed by atoms with Gasteiger partial charge in [0.2, 0.25) is 0 Å². The monoisotopic (exact) mass is 241 g/mol. The van der Waals surface area contributed by atoms with E-state index in [-0.39, 0.29) is 22.5 Å². The molecule has 0 saturated heterocycles. The molecule has 0 spiro atoms. The Morgan fingerprint density at radius 2 is 2.00 bits per heavy atom. The minimum atomic E-state index is -3.03. The fourth-order valence-corrected chi connectivity index (χ4v) is 1.52. The van der Waals surface area contributed by atoms with Crippen LogP contribution in [0.1, 0.15) is 12.5 Å². The molecule has 17 heavy (non-hydrogen) atoms. The van der Waals surface area contributed by atoms with E-state index in [1.807, 2.05) is 0 Å². The van der Waals surface area contributed by atoms with Crippen molar-refractivity contribution in [3.05, 3.63) is 35.8 Å². The number of aromatic nitrogens is 2. The Bertz CT molecular complexity index is 543. The number of rotatable bonds is 2. The number of nitrogen functional groups attached to an aromatic ring is 1. The molecule has 0 unspecified atom stereocenters. The van der Waals surface area contributed by atoms with Gasteiger partial charge < -0.3 is 5.73 Å². The van der Waals surface area contributed by atoms with Crippen LogP contribution in [-0.4, -0.2) is 10.2 Å². The van der Waals surface area contributed by atoms with Gasteiger partial charge in [0.25, 0.3) is 5.92 Å². The number of benzene rings is 1. The molecule has 0 aliphatic rings. The largest absolute Gasteiger partial charge is 0.384 e. The number of nitrogens with two attached hydrogens (primary N) is 1. The van der Waals surface area contributed by atoms with Crippen molar-refractivity contribution in [3.63, 3.8) is 0 Å². The van der Waals surface area contributed by atoms with E-state index < -0.39 is 11.7 Å². The van der Waals surface area contributed by atoms with E-state index in [1.54, 1.807) is 0 Å².